The Morgan fingerprint density at radius 3 is 2.46 bits per heavy atom. The number of likely N-dealkylation sites (tertiary alicyclic amines) is 1. The molecular formula is C18H22N4O2. The van der Waals surface area contributed by atoms with Gasteiger partial charge in [0.25, 0.3) is 0 Å². The van der Waals surface area contributed by atoms with Gasteiger partial charge in [0.1, 0.15) is 0 Å². The summed E-state index contributed by atoms with van der Waals surface area (Å²) in [5.41, 5.74) is 0.951. The zero-order valence-corrected chi connectivity index (χ0v) is 13.7. The highest BCUT2D eigenvalue weighted by Crippen LogP contribution is 2.26. The fraction of sp³-hybridized carbons (Fsp3) is 0.500. The second kappa shape index (κ2) is 6.63. The van der Waals surface area contributed by atoms with E-state index in [4.69, 9.17) is 4.52 Å². The molecule has 1 aromatic heterocycles. The van der Waals surface area contributed by atoms with Crippen LogP contribution in [0.25, 0.3) is 11.4 Å². The number of piperidine rings is 1. The maximum atomic E-state index is 12.5. The smallest absolute Gasteiger partial charge is 0.324 e. The topological polar surface area (TPSA) is 62.5 Å². The van der Waals surface area contributed by atoms with Gasteiger partial charge in [-0.1, -0.05) is 35.5 Å². The predicted molar refractivity (Wildman–Crippen MR) is 90.5 cm³/mol. The van der Waals surface area contributed by atoms with E-state index in [1.807, 2.05) is 35.2 Å². The van der Waals surface area contributed by atoms with E-state index in [1.165, 1.54) is 0 Å². The monoisotopic (exact) mass is 326 g/mol. The second-order valence-electron chi connectivity index (χ2n) is 6.56. The summed E-state index contributed by atoms with van der Waals surface area (Å²) in [7, 11) is 0. The number of amides is 1. The Kier molecular flexibility index (Phi) is 4.19. The molecule has 1 amide bonds. The molecule has 2 aliphatic heterocycles. The molecule has 0 saturated carbocycles. The maximum Gasteiger partial charge on any atom is 0.324 e. The SMILES string of the molecule is O=C(C1CCN(c2nc(-c3ccccc3)no2)CC1)N1CCCC1. The molecule has 6 nitrogen and oxygen atoms in total. The van der Waals surface area contributed by atoms with Gasteiger partial charge in [-0.2, -0.15) is 4.98 Å². The molecule has 0 atom stereocenters. The minimum absolute atomic E-state index is 0.149. The van der Waals surface area contributed by atoms with Crippen LogP contribution in [-0.2, 0) is 4.79 Å². The average Bonchev–Trinajstić information content (AvgIpc) is 3.34. The number of aromatic nitrogens is 2. The first-order valence-electron chi connectivity index (χ1n) is 8.74. The predicted octanol–water partition coefficient (Wildman–Crippen LogP) is 2.58. The Morgan fingerprint density at radius 1 is 1.04 bits per heavy atom. The normalized spacial score (nSPS) is 19.0. The molecule has 0 aliphatic carbocycles. The fourth-order valence-corrected chi connectivity index (χ4v) is 3.56. The lowest BCUT2D eigenvalue weighted by Crippen LogP contribution is -2.41. The van der Waals surface area contributed by atoms with Crippen LogP contribution in [-0.4, -0.2) is 47.1 Å². The first kappa shape index (κ1) is 15.2. The molecule has 0 N–H and O–H groups in total. The number of anilines is 1. The Hall–Kier alpha value is -2.37. The van der Waals surface area contributed by atoms with Gasteiger partial charge in [0.05, 0.1) is 0 Å². The highest BCUT2D eigenvalue weighted by Gasteiger charge is 2.31. The van der Waals surface area contributed by atoms with E-state index in [2.05, 4.69) is 15.0 Å². The van der Waals surface area contributed by atoms with E-state index in [9.17, 15) is 4.79 Å². The van der Waals surface area contributed by atoms with Gasteiger partial charge in [0.2, 0.25) is 11.7 Å². The standard InChI is InChI=1S/C18H22N4O2/c23-17(21-10-4-5-11-21)15-8-12-22(13-9-15)18-19-16(20-24-18)14-6-2-1-3-7-14/h1-3,6-7,15H,4-5,8-13H2. The molecule has 0 spiro atoms. The second-order valence-corrected chi connectivity index (χ2v) is 6.56. The number of rotatable bonds is 3. The lowest BCUT2D eigenvalue weighted by molar-refractivity contribution is -0.135. The highest BCUT2D eigenvalue weighted by atomic mass is 16.5. The summed E-state index contributed by atoms with van der Waals surface area (Å²) < 4.78 is 5.42. The highest BCUT2D eigenvalue weighted by molar-refractivity contribution is 5.79. The van der Waals surface area contributed by atoms with Crippen molar-refractivity contribution in [3.05, 3.63) is 30.3 Å². The van der Waals surface area contributed by atoms with Crippen LogP contribution in [0.2, 0.25) is 0 Å². The van der Waals surface area contributed by atoms with Gasteiger partial charge in [-0.25, -0.2) is 0 Å². The summed E-state index contributed by atoms with van der Waals surface area (Å²) >= 11 is 0. The van der Waals surface area contributed by atoms with Crippen molar-refractivity contribution in [1.29, 1.82) is 0 Å². The van der Waals surface area contributed by atoms with Crippen LogP contribution in [0, 0.1) is 5.92 Å². The Labute approximate surface area is 141 Å². The third-order valence-electron chi connectivity index (χ3n) is 4.98. The molecule has 126 valence electrons. The molecule has 2 aliphatic rings. The van der Waals surface area contributed by atoms with Gasteiger partial charge in [-0.15, -0.1) is 0 Å². The minimum Gasteiger partial charge on any atom is -0.342 e. The van der Waals surface area contributed by atoms with Crippen LogP contribution in [0.4, 0.5) is 6.01 Å². The first-order valence-corrected chi connectivity index (χ1v) is 8.74. The van der Waals surface area contributed by atoms with E-state index in [0.29, 0.717) is 17.7 Å². The van der Waals surface area contributed by atoms with Crippen LogP contribution < -0.4 is 4.90 Å². The first-order chi connectivity index (χ1) is 11.8. The number of carbonyl (C=O) groups excluding carboxylic acids is 1. The van der Waals surface area contributed by atoms with Gasteiger partial charge in [0.15, 0.2) is 0 Å². The van der Waals surface area contributed by atoms with Crippen molar-refractivity contribution in [3.8, 4) is 11.4 Å². The zero-order chi connectivity index (χ0) is 16.4. The third-order valence-corrected chi connectivity index (χ3v) is 4.98. The molecule has 4 rings (SSSR count). The molecule has 3 heterocycles. The average molecular weight is 326 g/mol. The van der Waals surface area contributed by atoms with Crippen molar-refractivity contribution in [1.82, 2.24) is 15.0 Å². The summed E-state index contributed by atoms with van der Waals surface area (Å²) in [6, 6.07) is 10.4. The largest absolute Gasteiger partial charge is 0.342 e. The van der Waals surface area contributed by atoms with E-state index in [1.54, 1.807) is 0 Å². The number of hydrogen-bond acceptors (Lipinski definition) is 5. The molecule has 2 aromatic rings. The minimum atomic E-state index is 0.149. The molecular weight excluding hydrogens is 304 g/mol. The van der Waals surface area contributed by atoms with E-state index in [0.717, 1.165) is 57.4 Å². The van der Waals surface area contributed by atoms with Crippen molar-refractivity contribution in [3.63, 3.8) is 0 Å². The number of carbonyl (C=O) groups is 1. The van der Waals surface area contributed by atoms with Crippen molar-refractivity contribution >= 4 is 11.9 Å². The number of nitrogens with zero attached hydrogens (tertiary/aromatic N) is 4. The van der Waals surface area contributed by atoms with Gasteiger partial charge in [0, 0.05) is 37.7 Å². The molecule has 0 bridgehead atoms. The van der Waals surface area contributed by atoms with Gasteiger partial charge in [-0.3, -0.25) is 4.79 Å². The van der Waals surface area contributed by atoms with Crippen molar-refractivity contribution in [2.75, 3.05) is 31.1 Å². The van der Waals surface area contributed by atoms with Gasteiger partial charge >= 0.3 is 6.01 Å². The van der Waals surface area contributed by atoms with Crippen LogP contribution >= 0.6 is 0 Å². The molecule has 6 heteroatoms. The van der Waals surface area contributed by atoms with Crippen molar-refractivity contribution < 1.29 is 9.32 Å². The molecule has 2 saturated heterocycles. The molecule has 1 aromatic carbocycles. The Morgan fingerprint density at radius 2 is 1.75 bits per heavy atom. The third kappa shape index (κ3) is 3.00. The van der Waals surface area contributed by atoms with Gasteiger partial charge < -0.3 is 14.3 Å². The quantitative estimate of drug-likeness (QED) is 0.867. The molecule has 2 fully saturated rings. The Balaban J connectivity index is 1.38. The van der Waals surface area contributed by atoms with Crippen LogP contribution in [0.5, 0.6) is 0 Å². The summed E-state index contributed by atoms with van der Waals surface area (Å²) in [4.78, 5) is 21.1. The van der Waals surface area contributed by atoms with E-state index in [-0.39, 0.29) is 5.92 Å². The summed E-state index contributed by atoms with van der Waals surface area (Å²) in [6.45, 7) is 3.45. The summed E-state index contributed by atoms with van der Waals surface area (Å²) in [5.74, 6) is 1.10. The van der Waals surface area contributed by atoms with Crippen molar-refractivity contribution in [2.45, 2.75) is 25.7 Å². The van der Waals surface area contributed by atoms with E-state index < -0.39 is 0 Å². The lowest BCUT2D eigenvalue weighted by atomic mass is 9.95. The fourth-order valence-electron chi connectivity index (χ4n) is 3.56. The lowest BCUT2D eigenvalue weighted by Gasteiger charge is -2.31. The molecule has 24 heavy (non-hydrogen) atoms. The van der Waals surface area contributed by atoms with Crippen LogP contribution in [0.15, 0.2) is 34.9 Å². The molecule has 0 radical (unpaired) electrons. The van der Waals surface area contributed by atoms with Crippen LogP contribution in [0.3, 0.4) is 0 Å². The van der Waals surface area contributed by atoms with Gasteiger partial charge in [-0.05, 0) is 25.7 Å². The van der Waals surface area contributed by atoms with E-state index >= 15 is 0 Å². The number of hydrogen-bond donors (Lipinski definition) is 0. The van der Waals surface area contributed by atoms with Crippen molar-refractivity contribution in [2.24, 2.45) is 5.92 Å². The number of benzene rings is 1. The summed E-state index contributed by atoms with van der Waals surface area (Å²) in [6.07, 6.45) is 4.01. The van der Waals surface area contributed by atoms with Crippen LogP contribution in [0.1, 0.15) is 25.7 Å². The Bertz CT molecular complexity index is 686. The maximum absolute atomic E-state index is 12.5. The zero-order valence-electron chi connectivity index (χ0n) is 13.7. The molecule has 0 unspecified atom stereocenters. The summed E-state index contributed by atoms with van der Waals surface area (Å²) in [5, 5.41) is 4.08.